The summed E-state index contributed by atoms with van der Waals surface area (Å²) in [4.78, 5) is 14.8. The van der Waals surface area contributed by atoms with Crippen molar-refractivity contribution in [1.82, 2.24) is 0 Å². The monoisotopic (exact) mass is 353 g/mol. The Balaban J connectivity index is 1.78. The molecule has 0 saturated heterocycles. The summed E-state index contributed by atoms with van der Waals surface area (Å²) in [5.74, 6) is 1.09. The van der Waals surface area contributed by atoms with E-state index in [1.807, 2.05) is 36.4 Å². The number of nitrogens with two attached hydrogens (primary N) is 1. The number of rotatable bonds is 5. The Morgan fingerprint density at radius 3 is 2.81 bits per heavy atom. The van der Waals surface area contributed by atoms with Crippen LogP contribution in [-0.4, -0.2) is 25.1 Å². The van der Waals surface area contributed by atoms with Crippen molar-refractivity contribution < 1.29 is 9.53 Å². The molecule has 1 unspecified atom stereocenters. The van der Waals surface area contributed by atoms with Gasteiger partial charge in [-0.2, -0.15) is 0 Å². The molecule has 26 heavy (non-hydrogen) atoms. The molecule has 3 rings (SSSR count). The first-order valence-electron chi connectivity index (χ1n) is 9.17. The number of anilines is 3. The minimum atomic E-state index is -0.0387. The highest BCUT2D eigenvalue weighted by Gasteiger charge is 2.26. The number of benzene rings is 2. The van der Waals surface area contributed by atoms with E-state index < -0.39 is 0 Å². The smallest absolute Gasteiger partial charge is 0.243 e. The fraction of sp³-hybridized carbons (Fsp3) is 0.381. The molecule has 5 heteroatoms. The molecule has 5 nitrogen and oxygen atoms in total. The van der Waals surface area contributed by atoms with Gasteiger partial charge in [-0.1, -0.05) is 39.0 Å². The van der Waals surface area contributed by atoms with Gasteiger partial charge in [0.15, 0.2) is 0 Å². The number of ether oxygens (including phenoxy) is 1. The van der Waals surface area contributed by atoms with Crippen LogP contribution in [-0.2, 0) is 4.79 Å². The average molecular weight is 353 g/mol. The van der Waals surface area contributed by atoms with E-state index in [0.717, 1.165) is 29.1 Å². The lowest BCUT2D eigenvalue weighted by atomic mass is 10.0. The zero-order chi connectivity index (χ0) is 18.7. The average Bonchev–Trinajstić information content (AvgIpc) is 2.62. The summed E-state index contributed by atoms with van der Waals surface area (Å²) >= 11 is 0. The van der Waals surface area contributed by atoms with E-state index in [1.165, 1.54) is 0 Å². The van der Waals surface area contributed by atoms with E-state index in [-0.39, 0.29) is 18.6 Å². The molecule has 1 heterocycles. The van der Waals surface area contributed by atoms with Gasteiger partial charge in [-0.3, -0.25) is 4.79 Å². The molecule has 3 N–H and O–H groups in total. The van der Waals surface area contributed by atoms with E-state index >= 15 is 0 Å². The van der Waals surface area contributed by atoms with Crippen LogP contribution in [0.3, 0.4) is 0 Å². The van der Waals surface area contributed by atoms with Crippen LogP contribution >= 0.6 is 0 Å². The zero-order valence-electron chi connectivity index (χ0n) is 15.7. The second-order valence-electron chi connectivity index (χ2n) is 7.05. The lowest BCUT2D eigenvalue weighted by Crippen LogP contribution is -2.43. The van der Waals surface area contributed by atoms with Crippen molar-refractivity contribution in [2.24, 2.45) is 0 Å². The Kier molecular flexibility index (Phi) is 5.35. The highest BCUT2D eigenvalue weighted by molar-refractivity contribution is 5.95. The van der Waals surface area contributed by atoms with Crippen molar-refractivity contribution >= 4 is 23.0 Å². The van der Waals surface area contributed by atoms with Crippen molar-refractivity contribution in [3.8, 4) is 5.75 Å². The van der Waals surface area contributed by atoms with Gasteiger partial charge in [0.2, 0.25) is 5.91 Å². The fourth-order valence-corrected chi connectivity index (χ4v) is 3.28. The van der Waals surface area contributed by atoms with Crippen LogP contribution in [0.25, 0.3) is 0 Å². The van der Waals surface area contributed by atoms with E-state index in [4.69, 9.17) is 10.5 Å². The number of carbonyl (C=O) groups excluding carboxylic acids is 1. The second-order valence-corrected chi connectivity index (χ2v) is 7.05. The van der Waals surface area contributed by atoms with E-state index in [0.29, 0.717) is 18.2 Å². The summed E-state index contributed by atoms with van der Waals surface area (Å²) in [5, 5.41) is 3.06. The molecule has 0 radical (unpaired) electrons. The zero-order valence-corrected chi connectivity index (χ0v) is 15.7. The molecule has 1 amide bonds. The van der Waals surface area contributed by atoms with Gasteiger partial charge in [0, 0.05) is 11.4 Å². The molecular weight excluding hydrogens is 326 g/mol. The molecule has 0 fully saturated rings. The number of hydrogen-bond acceptors (Lipinski definition) is 4. The number of fused-ring (bicyclic) bond motifs is 1. The molecule has 2 aromatic carbocycles. The molecule has 1 aliphatic heterocycles. The molecule has 0 aliphatic carbocycles. The Morgan fingerprint density at radius 2 is 2.08 bits per heavy atom. The molecule has 0 bridgehead atoms. The van der Waals surface area contributed by atoms with Gasteiger partial charge >= 0.3 is 0 Å². The van der Waals surface area contributed by atoms with E-state index in [2.05, 4.69) is 37.1 Å². The van der Waals surface area contributed by atoms with Crippen molar-refractivity contribution in [1.29, 1.82) is 0 Å². The van der Waals surface area contributed by atoms with Crippen molar-refractivity contribution in [3.05, 3.63) is 48.0 Å². The summed E-state index contributed by atoms with van der Waals surface area (Å²) in [6.45, 7) is 7.27. The summed E-state index contributed by atoms with van der Waals surface area (Å²) < 4.78 is 5.99. The predicted molar refractivity (Wildman–Crippen MR) is 107 cm³/mol. The van der Waals surface area contributed by atoms with Gasteiger partial charge in [0.05, 0.1) is 18.8 Å². The summed E-state index contributed by atoms with van der Waals surface area (Å²) in [7, 11) is 0. The number of carbonyl (C=O) groups is 1. The molecule has 0 saturated carbocycles. The molecular formula is C21H27N3O2. The standard InChI is InChI=1S/C21H27N3O2/c1-4-16-12-24(19-11-15(22)9-10-20(19)26-16)13-21(25)23-18-8-6-5-7-17(18)14(2)3/h5-11,14,16H,4,12-13,22H2,1-3H3,(H,23,25). The van der Waals surface area contributed by atoms with E-state index in [9.17, 15) is 4.79 Å². The third-order valence-corrected chi connectivity index (χ3v) is 4.69. The predicted octanol–water partition coefficient (Wildman–Crippen LogP) is 4.01. The maximum atomic E-state index is 12.7. The highest BCUT2D eigenvalue weighted by Crippen LogP contribution is 2.35. The van der Waals surface area contributed by atoms with Gasteiger partial charge in [0.1, 0.15) is 11.9 Å². The van der Waals surface area contributed by atoms with Gasteiger partial charge in [0.25, 0.3) is 0 Å². The van der Waals surface area contributed by atoms with Crippen LogP contribution in [0.4, 0.5) is 17.1 Å². The second kappa shape index (κ2) is 7.68. The quantitative estimate of drug-likeness (QED) is 0.797. The highest BCUT2D eigenvalue weighted by atomic mass is 16.5. The van der Waals surface area contributed by atoms with Gasteiger partial charge in [-0.25, -0.2) is 0 Å². The summed E-state index contributed by atoms with van der Waals surface area (Å²) in [6.07, 6.45) is 0.958. The van der Waals surface area contributed by atoms with Crippen LogP contribution in [0.2, 0.25) is 0 Å². The van der Waals surface area contributed by atoms with Gasteiger partial charge < -0.3 is 20.7 Å². The van der Waals surface area contributed by atoms with Crippen LogP contribution in [0.5, 0.6) is 5.75 Å². The first kappa shape index (κ1) is 18.1. The fourth-order valence-electron chi connectivity index (χ4n) is 3.28. The number of nitrogens with one attached hydrogen (secondary N) is 1. The third-order valence-electron chi connectivity index (χ3n) is 4.69. The lowest BCUT2D eigenvalue weighted by molar-refractivity contribution is -0.115. The maximum absolute atomic E-state index is 12.7. The SMILES string of the molecule is CCC1CN(CC(=O)Nc2ccccc2C(C)C)c2cc(N)ccc2O1. The first-order chi connectivity index (χ1) is 12.5. The number of hydrogen-bond donors (Lipinski definition) is 2. The van der Waals surface area contributed by atoms with Crippen LogP contribution in [0.1, 0.15) is 38.7 Å². The first-order valence-corrected chi connectivity index (χ1v) is 9.17. The Hall–Kier alpha value is -2.69. The van der Waals surface area contributed by atoms with Gasteiger partial charge in [-0.15, -0.1) is 0 Å². The van der Waals surface area contributed by atoms with Crippen molar-refractivity contribution in [2.75, 3.05) is 29.0 Å². The Bertz CT molecular complexity index is 789. The van der Waals surface area contributed by atoms with Gasteiger partial charge in [-0.05, 0) is 42.2 Å². The summed E-state index contributed by atoms with van der Waals surface area (Å²) in [6, 6.07) is 13.5. The molecule has 0 aromatic heterocycles. The van der Waals surface area contributed by atoms with Crippen LogP contribution in [0, 0.1) is 0 Å². The molecule has 2 aromatic rings. The Morgan fingerprint density at radius 1 is 1.31 bits per heavy atom. The summed E-state index contributed by atoms with van der Waals surface area (Å²) in [5.41, 5.74) is 9.49. The number of para-hydroxylation sites is 1. The molecule has 0 spiro atoms. The molecule has 138 valence electrons. The minimum Gasteiger partial charge on any atom is -0.486 e. The molecule has 1 aliphatic rings. The third kappa shape index (κ3) is 3.93. The largest absolute Gasteiger partial charge is 0.486 e. The van der Waals surface area contributed by atoms with Crippen LogP contribution < -0.4 is 20.7 Å². The topological polar surface area (TPSA) is 67.6 Å². The Labute approximate surface area is 155 Å². The van der Waals surface area contributed by atoms with E-state index in [1.54, 1.807) is 0 Å². The number of nitrogens with zero attached hydrogens (tertiary/aromatic N) is 1. The van der Waals surface area contributed by atoms with Crippen LogP contribution in [0.15, 0.2) is 42.5 Å². The minimum absolute atomic E-state index is 0.0387. The van der Waals surface area contributed by atoms with Crippen molar-refractivity contribution in [2.45, 2.75) is 39.2 Å². The lowest BCUT2D eigenvalue weighted by Gasteiger charge is -2.35. The normalized spacial score (nSPS) is 16.2. The molecule has 1 atom stereocenters. The number of nitrogen functional groups attached to an aromatic ring is 1. The van der Waals surface area contributed by atoms with Crippen molar-refractivity contribution in [3.63, 3.8) is 0 Å². The maximum Gasteiger partial charge on any atom is 0.243 e. The number of amides is 1.